The number of hydrogen-bond acceptors (Lipinski definition) is 5. The highest BCUT2D eigenvalue weighted by atomic mass is 19.1. The predicted molar refractivity (Wildman–Crippen MR) is 125 cm³/mol. The number of rotatable bonds is 8. The quantitative estimate of drug-likeness (QED) is 0.468. The summed E-state index contributed by atoms with van der Waals surface area (Å²) in [5.41, 5.74) is 3.63. The van der Waals surface area contributed by atoms with Crippen molar-refractivity contribution in [3.8, 4) is 11.4 Å². The maximum Gasteiger partial charge on any atom is 0.359 e. The zero-order valence-corrected chi connectivity index (χ0v) is 19.4. The molecule has 0 unspecified atom stereocenters. The summed E-state index contributed by atoms with van der Waals surface area (Å²) in [4.78, 5) is 26.9. The Hall–Kier alpha value is -3.68. The molecule has 0 atom stereocenters. The molecule has 0 radical (unpaired) electrons. The van der Waals surface area contributed by atoms with E-state index < -0.39 is 5.97 Å². The third kappa shape index (κ3) is 5.27. The number of amides is 1. The van der Waals surface area contributed by atoms with Gasteiger partial charge in [0, 0.05) is 24.8 Å². The maximum absolute atomic E-state index is 13.4. The zero-order chi connectivity index (χ0) is 24.1. The Labute approximate surface area is 198 Å². The topological polar surface area (TPSA) is 73.7 Å². The molecule has 1 aliphatic rings. The fourth-order valence-electron chi connectivity index (χ4n) is 4.08. The first-order valence-electron chi connectivity index (χ1n) is 11.5. The van der Waals surface area contributed by atoms with Crippen molar-refractivity contribution in [2.45, 2.75) is 39.2 Å². The zero-order valence-electron chi connectivity index (χ0n) is 19.4. The second kappa shape index (κ2) is 10.5. The molecule has 0 aliphatic heterocycles. The molecule has 2 aromatic carbocycles. The first-order valence-corrected chi connectivity index (χ1v) is 11.5. The Morgan fingerprint density at radius 2 is 1.76 bits per heavy atom. The minimum absolute atomic E-state index is 0.223. The fourth-order valence-corrected chi connectivity index (χ4v) is 4.08. The van der Waals surface area contributed by atoms with Crippen molar-refractivity contribution in [3.05, 3.63) is 76.9 Å². The van der Waals surface area contributed by atoms with Crippen LogP contribution in [0.15, 0.2) is 48.5 Å². The molecule has 0 fully saturated rings. The summed E-state index contributed by atoms with van der Waals surface area (Å²) < 4.78 is 25.8. The van der Waals surface area contributed by atoms with Gasteiger partial charge in [-0.1, -0.05) is 12.1 Å². The van der Waals surface area contributed by atoms with Crippen molar-refractivity contribution in [3.63, 3.8) is 0 Å². The third-order valence-corrected chi connectivity index (χ3v) is 5.85. The molecule has 1 heterocycles. The second-order valence-corrected chi connectivity index (χ2v) is 8.27. The van der Waals surface area contributed by atoms with E-state index in [0.717, 1.165) is 41.8 Å². The molecule has 0 N–H and O–H groups in total. The van der Waals surface area contributed by atoms with Gasteiger partial charge in [0.05, 0.1) is 12.3 Å². The van der Waals surface area contributed by atoms with Crippen LogP contribution in [0.3, 0.4) is 0 Å². The Morgan fingerprint density at radius 1 is 1.06 bits per heavy atom. The Kier molecular flexibility index (Phi) is 7.25. The van der Waals surface area contributed by atoms with Crippen LogP contribution in [0.2, 0.25) is 0 Å². The van der Waals surface area contributed by atoms with Crippen LogP contribution in [0.1, 0.15) is 47.1 Å². The van der Waals surface area contributed by atoms with E-state index in [0.29, 0.717) is 25.3 Å². The van der Waals surface area contributed by atoms with Gasteiger partial charge in [-0.25, -0.2) is 13.9 Å². The number of ether oxygens (including phenoxy) is 2. The number of halogens is 1. The van der Waals surface area contributed by atoms with Crippen LogP contribution in [0, 0.1) is 5.82 Å². The van der Waals surface area contributed by atoms with Gasteiger partial charge >= 0.3 is 5.97 Å². The highest BCUT2D eigenvalue weighted by Gasteiger charge is 2.27. The molecule has 1 amide bonds. The van der Waals surface area contributed by atoms with Crippen molar-refractivity contribution in [1.82, 2.24) is 14.7 Å². The first-order chi connectivity index (χ1) is 16.5. The van der Waals surface area contributed by atoms with E-state index in [1.807, 2.05) is 31.2 Å². The maximum atomic E-state index is 13.4. The average Bonchev–Trinajstić information content (AvgIpc) is 3.24. The van der Waals surface area contributed by atoms with Crippen LogP contribution in [-0.2, 0) is 28.9 Å². The lowest BCUT2D eigenvalue weighted by molar-refractivity contribution is -0.133. The summed E-state index contributed by atoms with van der Waals surface area (Å²) in [6.07, 6.45) is 3.43. The normalized spacial score (nSPS) is 12.7. The minimum atomic E-state index is -0.623. The van der Waals surface area contributed by atoms with Gasteiger partial charge in [0.25, 0.3) is 5.91 Å². The van der Waals surface area contributed by atoms with E-state index in [1.54, 1.807) is 23.9 Å². The van der Waals surface area contributed by atoms with Crippen LogP contribution in [-0.4, -0.2) is 46.8 Å². The van der Waals surface area contributed by atoms with E-state index in [2.05, 4.69) is 5.10 Å². The van der Waals surface area contributed by atoms with E-state index in [9.17, 15) is 14.0 Å². The third-order valence-electron chi connectivity index (χ3n) is 5.85. The molecular weight excluding hydrogens is 437 g/mol. The summed E-state index contributed by atoms with van der Waals surface area (Å²) in [6, 6.07) is 13.5. The van der Waals surface area contributed by atoms with Crippen molar-refractivity contribution >= 4 is 11.9 Å². The number of esters is 1. The Morgan fingerprint density at radius 3 is 2.47 bits per heavy atom. The van der Waals surface area contributed by atoms with E-state index in [-0.39, 0.29) is 24.0 Å². The number of carbonyl (C=O) groups excluding carboxylic acids is 2. The van der Waals surface area contributed by atoms with Gasteiger partial charge in [0.2, 0.25) is 0 Å². The van der Waals surface area contributed by atoms with Gasteiger partial charge in [0.1, 0.15) is 11.6 Å². The van der Waals surface area contributed by atoms with Crippen molar-refractivity contribution in [2.24, 2.45) is 0 Å². The summed E-state index contributed by atoms with van der Waals surface area (Å²) in [7, 11) is 1.66. The minimum Gasteiger partial charge on any atom is -0.494 e. The van der Waals surface area contributed by atoms with Crippen LogP contribution in [0.25, 0.3) is 5.69 Å². The highest BCUT2D eigenvalue weighted by molar-refractivity contribution is 5.91. The van der Waals surface area contributed by atoms with E-state index in [4.69, 9.17) is 9.47 Å². The molecule has 3 aromatic rings. The number of carbonyl (C=O) groups is 2. The number of hydrogen-bond donors (Lipinski definition) is 0. The van der Waals surface area contributed by atoms with E-state index in [1.165, 1.54) is 17.0 Å². The summed E-state index contributed by atoms with van der Waals surface area (Å²) in [6.45, 7) is 2.53. The van der Waals surface area contributed by atoms with Crippen molar-refractivity contribution in [2.75, 3.05) is 20.3 Å². The Balaban J connectivity index is 1.41. The molecule has 0 saturated carbocycles. The van der Waals surface area contributed by atoms with Gasteiger partial charge in [0.15, 0.2) is 12.3 Å². The number of likely N-dealkylation sites (N-methyl/N-ethyl adjacent to an activating group) is 1. The molecule has 8 heteroatoms. The number of aromatic nitrogens is 2. The molecule has 34 heavy (non-hydrogen) atoms. The van der Waals surface area contributed by atoms with Gasteiger partial charge in [-0.3, -0.25) is 4.79 Å². The molecule has 0 saturated heterocycles. The lowest BCUT2D eigenvalue weighted by Crippen LogP contribution is -2.31. The molecule has 0 bridgehead atoms. The number of benzene rings is 2. The average molecular weight is 466 g/mol. The summed E-state index contributed by atoms with van der Waals surface area (Å²) in [5.74, 6) is -0.495. The number of fused-ring (bicyclic) bond motifs is 1. The largest absolute Gasteiger partial charge is 0.494 e. The first kappa shape index (κ1) is 23.5. The smallest absolute Gasteiger partial charge is 0.359 e. The van der Waals surface area contributed by atoms with Gasteiger partial charge in [-0.05, 0) is 74.6 Å². The molecule has 1 aliphatic carbocycles. The molecule has 1 aromatic heterocycles. The lowest BCUT2D eigenvalue weighted by atomic mass is 9.95. The molecule has 4 rings (SSSR count). The predicted octanol–water partition coefficient (Wildman–Crippen LogP) is 4.10. The molecule has 7 nitrogen and oxygen atoms in total. The van der Waals surface area contributed by atoms with Gasteiger partial charge in [-0.15, -0.1) is 0 Å². The summed E-state index contributed by atoms with van der Waals surface area (Å²) >= 11 is 0. The van der Waals surface area contributed by atoms with Crippen molar-refractivity contribution < 1.29 is 23.5 Å². The number of nitrogens with zero attached hydrogens (tertiary/aromatic N) is 3. The van der Waals surface area contributed by atoms with Crippen molar-refractivity contribution in [1.29, 1.82) is 0 Å². The van der Waals surface area contributed by atoms with Gasteiger partial charge in [-0.2, -0.15) is 5.10 Å². The standard InChI is InChI=1S/C26H28FN3O4/c1-3-33-21-14-8-18(9-15-21)16-29(2)24(31)17-34-26(32)25-22-6-4-5-7-23(22)30(28-25)20-12-10-19(27)11-13-20/h8-15H,3-7,16-17H2,1-2H3. The van der Waals surface area contributed by atoms with Crippen LogP contribution < -0.4 is 4.74 Å². The van der Waals surface area contributed by atoms with Crippen LogP contribution in [0.4, 0.5) is 4.39 Å². The molecular formula is C26H28FN3O4. The Bertz CT molecular complexity index is 1160. The van der Waals surface area contributed by atoms with Crippen LogP contribution in [0.5, 0.6) is 5.75 Å². The van der Waals surface area contributed by atoms with Crippen LogP contribution >= 0.6 is 0 Å². The highest BCUT2D eigenvalue weighted by Crippen LogP contribution is 2.27. The fraction of sp³-hybridized carbons (Fsp3) is 0.346. The molecule has 0 spiro atoms. The summed E-state index contributed by atoms with van der Waals surface area (Å²) in [5, 5.41) is 4.49. The monoisotopic (exact) mass is 465 g/mol. The SMILES string of the molecule is CCOc1ccc(CN(C)C(=O)COC(=O)c2nn(-c3ccc(F)cc3)c3c2CCCC3)cc1. The second-order valence-electron chi connectivity index (χ2n) is 8.27. The van der Waals surface area contributed by atoms with E-state index >= 15 is 0 Å². The molecule has 178 valence electrons. The lowest BCUT2D eigenvalue weighted by Gasteiger charge is -2.17. The van der Waals surface area contributed by atoms with Gasteiger partial charge < -0.3 is 14.4 Å².